The first-order valence-corrected chi connectivity index (χ1v) is 7.49. The molecule has 0 bridgehead atoms. The third-order valence-electron chi connectivity index (χ3n) is 2.87. The fourth-order valence-electron chi connectivity index (χ4n) is 1.86. The number of nitrogens with one attached hydrogen (secondary N) is 2. The van der Waals surface area contributed by atoms with E-state index in [0.717, 1.165) is 32.7 Å². The van der Waals surface area contributed by atoms with Gasteiger partial charge in [0.15, 0.2) is 0 Å². The Labute approximate surface area is 107 Å². The average Bonchev–Trinajstić information content (AvgIpc) is 2.41. The van der Waals surface area contributed by atoms with E-state index in [1.165, 1.54) is 6.20 Å². The maximum atomic E-state index is 11.9. The highest BCUT2D eigenvalue weighted by atomic mass is 32.2. The van der Waals surface area contributed by atoms with Crippen molar-refractivity contribution >= 4 is 10.0 Å². The summed E-state index contributed by atoms with van der Waals surface area (Å²) in [6.45, 7) is 5.03. The van der Waals surface area contributed by atoms with E-state index in [0.29, 0.717) is 6.54 Å². The number of nitrogens with zero attached hydrogens (tertiary/aromatic N) is 2. The Hall–Kier alpha value is -1.02. The van der Waals surface area contributed by atoms with E-state index < -0.39 is 10.0 Å². The Bertz CT molecular complexity index is 457. The SMILES string of the molecule is O=S(=O)(NCCN1CCNCC1)c1cccnc1. The molecule has 1 aliphatic rings. The molecule has 0 aliphatic carbocycles. The Balaban J connectivity index is 1.82. The van der Waals surface area contributed by atoms with Crippen LogP contribution < -0.4 is 10.0 Å². The van der Waals surface area contributed by atoms with Gasteiger partial charge in [0.2, 0.25) is 10.0 Å². The lowest BCUT2D eigenvalue weighted by Gasteiger charge is -2.27. The first-order chi connectivity index (χ1) is 8.68. The number of rotatable bonds is 5. The molecule has 1 saturated heterocycles. The van der Waals surface area contributed by atoms with Gasteiger partial charge in [-0.15, -0.1) is 0 Å². The van der Waals surface area contributed by atoms with E-state index in [4.69, 9.17) is 0 Å². The van der Waals surface area contributed by atoms with E-state index in [-0.39, 0.29) is 4.90 Å². The topological polar surface area (TPSA) is 74.3 Å². The molecular formula is C11H18N4O2S. The van der Waals surface area contributed by atoms with E-state index in [1.807, 2.05) is 0 Å². The fourth-order valence-corrected chi connectivity index (χ4v) is 2.85. The van der Waals surface area contributed by atoms with Crippen LogP contribution in [0.4, 0.5) is 0 Å². The number of aromatic nitrogens is 1. The molecule has 1 aromatic heterocycles. The summed E-state index contributed by atoms with van der Waals surface area (Å²) in [6, 6.07) is 3.16. The molecule has 7 heteroatoms. The Morgan fingerprint density at radius 2 is 2.17 bits per heavy atom. The van der Waals surface area contributed by atoms with Crippen molar-refractivity contribution in [2.45, 2.75) is 4.90 Å². The quantitative estimate of drug-likeness (QED) is 0.737. The first kappa shape index (κ1) is 13.4. The van der Waals surface area contributed by atoms with E-state index in [2.05, 4.69) is 19.9 Å². The number of hydrogen-bond donors (Lipinski definition) is 2. The molecule has 1 aromatic rings. The van der Waals surface area contributed by atoms with Gasteiger partial charge in [-0.3, -0.25) is 9.88 Å². The van der Waals surface area contributed by atoms with Gasteiger partial charge < -0.3 is 5.32 Å². The van der Waals surface area contributed by atoms with Crippen LogP contribution in [-0.4, -0.2) is 57.6 Å². The standard InChI is InChI=1S/C11H18N4O2S/c16-18(17,11-2-1-3-13-10-11)14-6-9-15-7-4-12-5-8-15/h1-3,10,12,14H,4-9H2. The van der Waals surface area contributed by atoms with Crippen molar-refractivity contribution in [2.75, 3.05) is 39.3 Å². The number of hydrogen-bond acceptors (Lipinski definition) is 5. The fraction of sp³-hybridized carbons (Fsp3) is 0.545. The molecular weight excluding hydrogens is 252 g/mol. The lowest BCUT2D eigenvalue weighted by atomic mass is 10.3. The molecule has 0 radical (unpaired) electrons. The molecule has 6 nitrogen and oxygen atoms in total. The minimum Gasteiger partial charge on any atom is -0.314 e. The summed E-state index contributed by atoms with van der Waals surface area (Å²) in [5, 5.41) is 3.26. The molecule has 2 N–H and O–H groups in total. The maximum Gasteiger partial charge on any atom is 0.242 e. The zero-order chi connectivity index (χ0) is 12.8. The first-order valence-electron chi connectivity index (χ1n) is 6.01. The minimum absolute atomic E-state index is 0.213. The number of sulfonamides is 1. The van der Waals surface area contributed by atoms with Gasteiger partial charge in [-0.05, 0) is 12.1 Å². The molecule has 2 heterocycles. The molecule has 2 rings (SSSR count). The maximum absolute atomic E-state index is 11.9. The van der Waals surface area contributed by atoms with Crippen molar-refractivity contribution in [1.82, 2.24) is 19.9 Å². The van der Waals surface area contributed by atoms with Gasteiger partial charge in [0.05, 0.1) is 0 Å². The zero-order valence-corrected chi connectivity index (χ0v) is 11.0. The van der Waals surface area contributed by atoms with Gasteiger partial charge in [0, 0.05) is 51.7 Å². The van der Waals surface area contributed by atoms with Gasteiger partial charge >= 0.3 is 0 Å². The van der Waals surface area contributed by atoms with Crippen molar-refractivity contribution in [3.63, 3.8) is 0 Å². The zero-order valence-electron chi connectivity index (χ0n) is 10.2. The smallest absolute Gasteiger partial charge is 0.242 e. The average molecular weight is 270 g/mol. The van der Waals surface area contributed by atoms with Gasteiger partial charge in [0.1, 0.15) is 4.90 Å². The lowest BCUT2D eigenvalue weighted by Crippen LogP contribution is -2.46. The van der Waals surface area contributed by atoms with Crippen molar-refractivity contribution in [1.29, 1.82) is 0 Å². The second-order valence-corrected chi connectivity index (χ2v) is 5.95. The van der Waals surface area contributed by atoms with Crippen molar-refractivity contribution < 1.29 is 8.42 Å². The second-order valence-electron chi connectivity index (χ2n) is 4.18. The van der Waals surface area contributed by atoms with Crippen molar-refractivity contribution in [3.8, 4) is 0 Å². The van der Waals surface area contributed by atoms with Crippen LogP contribution in [0.15, 0.2) is 29.4 Å². The summed E-state index contributed by atoms with van der Waals surface area (Å²) < 4.78 is 26.4. The van der Waals surface area contributed by atoms with E-state index in [9.17, 15) is 8.42 Å². The summed E-state index contributed by atoms with van der Waals surface area (Å²) in [5.74, 6) is 0. The largest absolute Gasteiger partial charge is 0.314 e. The predicted octanol–water partition coefficient (Wildman–Crippen LogP) is -0.735. The summed E-state index contributed by atoms with van der Waals surface area (Å²) in [7, 11) is -3.42. The molecule has 0 saturated carbocycles. The Kier molecular flexibility index (Phi) is 4.65. The molecule has 0 atom stereocenters. The third kappa shape index (κ3) is 3.74. The number of pyridine rings is 1. The van der Waals surface area contributed by atoms with Crippen LogP contribution in [0.1, 0.15) is 0 Å². The highest BCUT2D eigenvalue weighted by Crippen LogP contribution is 2.04. The molecule has 1 aliphatic heterocycles. The van der Waals surface area contributed by atoms with Crippen molar-refractivity contribution in [2.24, 2.45) is 0 Å². The van der Waals surface area contributed by atoms with Crippen LogP contribution in [0.2, 0.25) is 0 Å². The summed E-state index contributed by atoms with van der Waals surface area (Å²) in [6.07, 6.45) is 2.91. The van der Waals surface area contributed by atoms with E-state index in [1.54, 1.807) is 18.3 Å². The molecule has 0 spiro atoms. The molecule has 100 valence electrons. The normalized spacial score (nSPS) is 17.8. The van der Waals surface area contributed by atoms with Crippen LogP contribution in [0.3, 0.4) is 0 Å². The van der Waals surface area contributed by atoms with Gasteiger partial charge in [0.25, 0.3) is 0 Å². The monoisotopic (exact) mass is 270 g/mol. The minimum atomic E-state index is -3.42. The predicted molar refractivity (Wildman–Crippen MR) is 68.7 cm³/mol. The number of piperazine rings is 1. The molecule has 1 fully saturated rings. The Morgan fingerprint density at radius 3 is 2.83 bits per heavy atom. The molecule has 0 aromatic carbocycles. The molecule has 18 heavy (non-hydrogen) atoms. The van der Waals surface area contributed by atoms with Crippen LogP contribution >= 0.6 is 0 Å². The van der Waals surface area contributed by atoms with Crippen LogP contribution in [0, 0.1) is 0 Å². The van der Waals surface area contributed by atoms with Crippen LogP contribution in [0.25, 0.3) is 0 Å². The lowest BCUT2D eigenvalue weighted by molar-refractivity contribution is 0.245. The summed E-state index contributed by atoms with van der Waals surface area (Å²) in [5.41, 5.74) is 0. The van der Waals surface area contributed by atoms with E-state index >= 15 is 0 Å². The summed E-state index contributed by atoms with van der Waals surface area (Å²) in [4.78, 5) is 6.26. The summed E-state index contributed by atoms with van der Waals surface area (Å²) >= 11 is 0. The van der Waals surface area contributed by atoms with Crippen molar-refractivity contribution in [3.05, 3.63) is 24.5 Å². The molecule has 0 unspecified atom stereocenters. The van der Waals surface area contributed by atoms with Crippen LogP contribution in [0.5, 0.6) is 0 Å². The highest BCUT2D eigenvalue weighted by molar-refractivity contribution is 7.89. The van der Waals surface area contributed by atoms with Gasteiger partial charge in [-0.1, -0.05) is 0 Å². The van der Waals surface area contributed by atoms with Crippen LogP contribution in [-0.2, 0) is 10.0 Å². The molecule has 0 amide bonds. The van der Waals surface area contributed by atoms with Gasteiger partial charge in [-0.25, -0.2) is 13.1 Å². The van der Waals surface area contributed by atoms with Gasteiger partial charge in [-0.2, -0.15) is 0 Å². The highest BCUT2D eigenvalue weighted by Gasteiger charge is 2.14. The third-order valence-corrected chi connectivity index (χ3v) is 4.32. The second kappa shape index (κ2) is 6.24. The Morgan fingerprint density at radius 1 is 1.39 bits per heavy atom.